The second-order valence-electron chi connectivity index (χ2n) is 6.69. The minimum Gasteiger partial charge on any atom is -0.370 e. The Morgan fingerprint density at radius 2 is 1.88 bits per heavy atom. The Hall–Kier alpha value is -0.730. The molecular formula is C14H27N3. The highest BCUT2D eigenvalue weighted by Gasteiger charge is 2.47. The number of nitrogens with zero attached hydrogens (tertiary/aromatic N) is 2. The fourth-order valence-electron chi connectivity index (χ4n) is 3.29. The largest absolute Gasteiger partial charge is 0.370 e. The van der Waals surface area contributed by atoms with Crippen molar-refractivity contribution < 1.29 is 0 Å². The number of rotatable bonds is 2. The lowest BCUT2D eigenvalue weighted by Crippen LogP contribution is -2.57. The van der Waals surface area contributed by atoms with Crippen molar-refractivity contribution in [1.82, 2.24) is 4.90 Å². The third kappa shape index (κ3) is 2.16. The number of hydrogen-bond acceptors (Lipinski definition) is 3. The molecule has 0 radical (unpaired) electrons. The first kappa shape index (κ1) is 12.7. The molecule has 1 aliphatic carbocycles. The van der Waals surface area contributed by atoms with Gasteiger partial charge in [0.05, 0.1) is 12.1 Å². The second kappa shape index (κ2) is 4.18. The Kier molecular flexibility index (Phi) is 3.13. The van der Waals surface area contributed by atoms with Crippen LogP contribution in [0.2, 0.25) is 0 Å². The molecule has 1 aliphatic heterocycles. The molecule has 1 heterocycles. The van der Waals surface area contributed by atoms with Gasteiger partial charge in [-0.05, 0) is 44.4 Å². The number of hydrogen-bond donors (Lipinski definition) is 1. The molecule has 1 fully saturated rings. The van der Waals surface area contributed by atoms with Crippen molar-refractivity contribution >= 4 is 5.96 Å². The summed E-state index contributed by atoms with van der Waals surface area (Å²) in [6.07, 6.45) is 6.22. The normalized spacial score (nSPS) is 28.2. The average Bonchev–Trinajstić information content (AvgIpc) is 2.61. The van der Waals surface area contributed by atoms with Crippen LogP contribution in [0, 0.1) is 5.41 Å². The molecule has 3 nitrogen and oxygen atoms in total. The van der Waals surface area contributed by atoms with Gasteiger partial charge in [-0.1, -0.05) is 20.8 Å². The molecule has 1 atom stereocenters. The SMILES string of the molecule is CCC(C)N1C(N)=NCC12CCC(C)(C)CC2. The monoisotopic (exact) mass is 237 g/mol. The van der Waals surface area contributed by atoms with Crippen molar-refractivity contribution in [1.29, 1.82) is 0 Å². The molecule has 3 heteroatoms. The average molecular weight is 237 g/mol. The molecule has 1 spiro atoms. The quantitative estimate of drug-likeness (QED) is 0.802. The van der Waals surface area contributed by atoms with Crippen molar-refractivity contribution in [3.63, 3.8) is 0 Å². The number of aliphatic imine (C=N–C) groups is 1. The van der Waals surface area contributed by atoms with Crippen LogP contribution in [0.4, 0.5) is 0 Å². The predicted octanol–water partition coefficient (Wildman–Crippen LogP) is 2.75. The number of guanidine groups is 1. The summed E-state index contributed by atoms with van der Waals surface area (Å²) in [7, 11) is 0. The fraction of sp³-hybridized carbons (Fsp3) is 0.929. The molecule has 0 aromatic carbocycles. The first-order chi connectivity index (χ1) is 7.90. The molecule has 17 heavy (non-hydrogen) atoms. The third-order valence-corrected chi connectivity index (χ3v) is 4.86. The van der Waals surface area contributed by atoms with Crippen molar-refractivity contribution in [2.75, 3.05) is 6.54 Å². The van der Waals surface area contributed by atoms with Gasteiger partial charge in [-0.2, -0.15) is 0 Å². The maximum atomic E-state index is 6.10. The van der Waals surface area contributed by atoms with Gasteiger partial charge >= 0.3 is 0 Å². The molecule has 0 amide bonds. The van der Waals surface area contributed by atoms with Gasteiger partial charge in [-0.3, -0.25) is 4.99 Å². The molecule has 2 aliphatic rings. The van der Waals surface area contributed by atoms with Crippen LogP contribution < -0.4 is 5.73 Å². The van der Waals surface area contributed by atoms with E-state index in [9.17, 15) is 0 Å². The van der Waals surface area contributed by atoms with Crippen LogP contribution in [-0.4, -0.2) is 29.0 Å². The van der Waals surface area contributed by atoms with Crippen molar-refractivity contribution in [3.05, 3.63) is 0 Å². The standard InChI is InChI=1S/C14H27N3/c1-5-11(2)17-12(15)16-10-14(17)8-6-13(3,4)7-9-14/h11H,5-10H2,1-4H3,(H2,15,16). The molecule has 98 valence electrons. The van der Waals surface area contributed by atoms with E-state index in [0.717, 1.165) is 18.9 Å². The van der Waals surface area contributed by atoms with E-state index in [1.54, 1.807) is 0 Å². The van der Waals surface area contributed by atoms with Crippen LogP contribution >= 0.6 is 0 Å². The van der Waals surface area contributed by atoms with Gasteiger partial charge in [0.2, 0.25) is 0 Å². The van der Waals surface area contributed by atoms with Crippen molar-refractivity contribution in [3.8, 4) is 0 Å². The van der Waals surface area contributed by atoms with E-state index in [1.165, 1.54) is 25.7 Å². The highest BCUT2D eigenvalue weighted by Crippen LogP contribution is 2.45. The smallest absolute Gasteiger partial charge is 0.192 e. The summed E-state index contributed by atoms with van der Waals surface area (Å²) < 4.78 is 0. The molecule has 2 N–H and O–H groups in total. The van der Waals surface area contributed by atoms with Crippen molar-refractivity contribution in [2.45, 2.75) is 71.4 Å². The fourth-order valence-corrected chi connectivity index (χ4v) is 3.29. The van der Waals surface area contributed by atoms with E-state index in [2.05, 4.69) is 37.6 Å². The van der Waals surface area contributed by atoms with Crippen molar-refractivity contribution in [2.24, 2.45) is 16.1 Å². The van der Waals surface area contributed by atoms with Gasteiger partial charge in [0.1, 0.15) is 0 Å². The molecule has 0 saturated heterocycles. The summed E-state index contributed by atoms with van der Waals surface area (Å²) in [6, 6.07) is 0.516. The van der Waals surface area contributed by atoms with E-state index in [4.69, 9.17) is 5.73 Å². The summed E-state index contributed by atoms with van der Waals surface area (Å²) >= 11 is 0. The zero-order valence-corrected chi connectivity index (χ0v) is 11.8. The summed E-state index contributed by atoms with van der Waals surface area (Å²) in [5.74, 6) is 0.777. The van der Waals surface area contributed by atoms with Gasteiger partial charge in [-0.25, -0.2) is 0 Å². The Labute approximate surface area is 105 Å². The molecule has 0 aromatic rings. The highest BCUT2D eigenvalue weighted by molar-refractivity contribution is 5.81. The number of nitrogens with two attached hydrogens (primary N) is 1. The predicted molar refractivity (Wildman–Crippen MR) is 73.1 cm³/mol. The molecule has 2 rings (SSSR count). The van der Waals surface area contributed by atoms with E-state index in [1.807, 2.05) is 0 Å². The van der Waals surface area contributed by atoms with Gasteiger partial charge < -0.3 is 10.6 Å². The Balaban J connectivity index is 2.16. The molecule has 0 bridgehead atoms. The Bertz CT molecular complexity index is 309. The van der Waals surface area contributed by atoms with Crippen LogP contribution in [0.3, 0.4) is 0 Å². The summed E-state index contributed by atoms with van der Waals surface area (Å²) in [5, 5.41) is 0. The van der Waals surface area contributed by atoms with Crippen LogP contribution in [-0.2, 0) is 0 Å². The zero-order valence-electron chi connectivity index (χ0n) is 11.8. The molecule has 1 saturated carbocycles. The van der Waals surface area contributed by atoms with Crippen LogP contribution in [0.15, 0.2) is 4.99 Å². The Morgan fingerprint density at radius 1 is 1.29 bits per heavy atom. The minimum absolute atomic E-state index is 0.245. The van der Waals surface area contributed by atoms with Gasteiger partial charge in [0, 0.05) is 6.04 Å². The first-order valence-corrected chi connectivity index (χ1v) is 6.99. The lowest BCUT2D eigenvalue weighted by molar-refractivity contribution is 0.0613. The van der Waals surface area contributed by atoms with Gasteiger partial charge in [0.15, 0.2) is 5.96 Å². The minimum atomic E-state index is 0.245. The lowest BCUT2D eigenvalue weighted by Gasteiger charge is -2.48. The topological polar surface area (TPSA) is 41.6 Å². The van der Waals surface area contributed by atoms with E-state index in [-0.39, 0.29) is 5.54 Å². The van der Waals surface area contributed by atoms with Crippen LogP contribution in [0.25, 0.3) is 0 Å². The summed E-state index contributed by atoms with van der Waals surface area (Å²) in [5.41, 5.74) is 6.85. The maximum absolute atomic E-state index is 6.10. The summed E-state index contributed by atoms with van der Waals surface area (Å²) in [4.78, 5) is 6.95. The Morgan fingerprint density at radius 3 is 2.41 bits per heavy atom. The second-order valence-corrected chi connectivity index (χ2v) is 6.69. The van der Waals surface area contributed by atoms with Crippen LogP contribution in [0.1, 0.15) is 59.8 Å². The summed E-state index contributed by atoms with van der Waals surface area (Å²) in [6.45, 7) is 10.2. The van der Waals surface area contributed by atoms with Gasteiger partial charge in [0.25, 0.3) is 0 Å². The van der Waals surface area contributed by atoms with E-state index in [0.29, 0.717) is 11.5 Å². The molecule has 1 unspecified atom stereocenters. The maximum Gasteiger partial charge on any atom is 0.192 e. The van der Waals surface area contributed by atoms with E-state index < -0.39 is 0 Å². The molecule has 0 aromatic heterocycles. The van der Waals surface area contributed by atoms with E-state index >= 15 is 0 Å². The third-order valence-electron chi connectivity index (χ3n) is 4.86. The molecular weight excluding hydrogens is 210 g/mol. The van der Waals surface area contributed by atoms with Crippen LogP contribution in [0.5, 0.6) is 0 Å². The lowest BCUT2D eigenvalue weighted by atomic mass is 9.68. The zero-order chi connectivity index (χ0) is 12.7. The first-order valence-electron chi connectivity index (χ1n) is 6.99. The highest BCUT2D eigenvalue weighted by atomic mass is 15.4. The van der Waals surface area contributed by atoms with Gasteiger partial charge in [-0.15, -0.1) is 0 Å².